The lowest BCUT2D eigenvalue weighted by molar-refractivity contribution is 0.360. The number of likely N-dealkylation sites (N-methyl/N-ethyl adjacent to an activating group) is 1. The molecule has 2 heterocycles. The van der Waals surface area contributed by atoms with E-state index < -0.39 is 0 Å². The summed E-state index contributed by atoms with van der Waals surface area (Å²) in [7, 11) is 2.18. The molecule has 1 aromatic heterocycles. The molecule has 0 radical (unpaired) electrons. The molecule has 1 aliphatic heterocycles. The molecule has 0 amide bonds. The summed E-state index contributed by atoms with van der Waals surface area (Å²) in [4.78, 5) is 9.16. The van der Waals surface area contributed by atoms with Crippen LogP contribution in [0.25, 0.3) is 0 Å². The first-order valence-corrected chi connectivity index (χ1v) is 6.10. The first kappa shape index (κ1) is 10.9. The Morgan fingerprint density at radius 2 is 2.07 bits per heavy atom. The number of pyridine rings is 1. The molecular weight excluding hydrogens is 254 g/mol. The van der Waals surface area contributed by atoms with Crippen LogP contribution in [-0.2, 0) is 0 Å². The summed E-state index contributed by atoms with van der Waals surface area (Å²) in [5.41, 5.74) is 0. The third-order valence-corrected chi connectivity index (χ3v) is 3.22. The van der Waals surface area contributed by atoms with Gasteiger partial charge in [0, 0.05) is 30.3 Å². The van der Waals surface area contributed by atoms with Crippen LogP contribution < -0.4 is 4.90 Å². The molecule has 2 rings (SSSR count). The monoisotopic (exact) mass is 269 g/mol. The van der Waals surface area contributed by atoms with Gasteiger partial charge in [0.15, 0.2) is 0 Å². The van der Waals surface area contributed by atoms with E-state index >= 15 is 0 Å². The van der Waals surface area contributed by atoms with Crippen LogP contribution in [0.15, 0.2) is 22.8 Å². The van der Waals surface area contributed by atoms with Gasteiger partial charge >= 0.3 is 0 Å². The standard InChI is InChI=1S/C11H16BrN3/c1-14-5-2-6-15(8-7-14)11-4-3-10(12)9-13-11/h3-4,9H,2,5-8H2,1H3. The van der Waals surface area contributed by atoms with Crippen molar-refractivity contribution in [1.82, 2.24) is 9.88 Å². The number of hydrogen-bond acceptors (Lipinski definition) is 3. The van der Waals surface area contributed by atoms with Crippen molar-refractivity contribution in [2.24, 2.45) is 0 Å². The minimum Gasteiger partial charge on any atom is -0.355 e. The highest BCUT2D eigenvalue weighted by Gasteiger charge is 2.12. The number of halogens is 1. The maximum atomic E-state index is 4.43. The van der Waals surface area contributed by atoms with Gasteiger partial charge in [-0.2, -0.15) is 0 Å². The zero-order chi connectivity index (χ0) is 10.7. The van der Waals surface area contributed by atoms with Gasteiger partial charge in [-0.3, -0.25) is 0 Å². The van der Waals surface area contributed by atoms with Gasteiger partial charge in [0.05, 0.1) is 0 Å². The summed E-state index contributed by atoms with van der Waals surface area (Å²) in [6, 6.07) is 4.13. The van der Waals surface area contributed by atoms with Crippen molar-refractivity contribution in [3.63, 3.8) is 0 Å². The van der Waals surface area contributed by atoms with E-state index in [2.05, 4.69) is 49.9 Å². The van der Waals surface area contributed by atoms with Crippen molar-refractivity contribution in [2.45, 2.75) is 6.42 Å². The van der Waals surface area contributed by atoms with Crippen LogP contribution in [0.1, 0.15) is 6.42 Å². The number of anilines is 1. The van der Waals surface area contributed by atoms with Crippen molar-refractivity contribution in [1.29, 1.82) is 0 Å². The second kappa shape index (κ2) is 4.94. The SMILES string of the molecule is CN1CCCN(c2ccc(Br)cn2)CC1. The third-order valence-electron chi connectivity index (χ3n) is 2.76. The summed E-state index contributed by atoms with van der Waals surface area (Å²) in [5.74, 6) is 1.09. The Balaban J connectivity index is 2.06. The predicted octanol–water partition coefficient (Wildman–Crippen LogP) is 1.99. The van der Waals surface area contributed by atoms with Crippen molar-refractivity contribution in [3.8, 4) is 0 Å². The summed E-state index contributed by atoms with van der Waals surface area (Å²) in [5, 5.41) is 0. The van der Waals surface area contributed by atoms with E-state index in [9.17, 15) is 0 Å². The minimum atomic E-state index is 1.04. The third kappa shape index (κ3) is 2.92. The molecule has 0 saturated carbocycles. The summed E-state index contributed by atoms with van der Waals surface area (Å²) >= 11 is 3.41. The lowest BCUT2D eigenvalue weighted by Crippen LogP contribution is -2.29. The zero-order valence-corrected chi connectivity index (χ0v) is 10.6. The van der Waals surface area contributed by atoms with Crippen LogP contribution in [0.3, 0.4) is 0 Å². The number of rotatable bonds is 1. The highest BCUT2D eigenvalue weighted by molar-refractivity contribution is 9.10. The molecule has 1 fully saturated rings. The van der Waals surface area contributed by atoms with E-state index in [-0.39, 0.29) is 0 Å². The van der Waals surface area contributed by atoms with E-state index in [0.717, 1.165) is 29.9 Å². The Morgan fingerprint density at radius 1 is 1.20 bits per heavy atom. The topological polar surface area (TPSA) is 19.4 Å². The second-order valence-electron chi connectivity index (χ2n) is 3.98. The summed E-state index contributed by atoms with van der Waals surface area (Å²) < 4.78 is 1.04. The van der Waals surface area contributed by atoms with Gasteiger partial charge < -0.3 is 9.80 Å². The Kier molecular flexibility index (Phi) is 3.59. The van der Waals surface area contributed by atoms with Gasteiger partial charge in [-0.05, 0) is 48.1 Å². The molecule has 0 spiro atoms. The molecule has 0 unspecified atom stereocenters. The summed E-state index contributed by atoms with van der Waals surface area (Å²) in [6.07, 6.45) is 3.08. The van der Waals surface area contributed by atoms with E-state index in [1.54, 1.807) is 0 Å². The van der Waals surface area contributed by atoms with Crippen LogP contribution in [0.5, 0.6) is 0 Å². The zero-order valence-electron chi connectivity index (χ0n) is 8.99. The Morgan fingerprint density at radius 3 is 2.80 bits per heavy atom. The Bertz CT molecular complexity index is 312. The first-order valence-electron chi connectivity index (χ1n) is 5.31. The van der Waals surface area contributed by atoms with E-state index in [0.29, 0.717) is 0 Å². The molecule has 82 valence electrons. The molecule has 1 saturated heterocycles. The number of aromatic nitrogens is 1. The maximum absolute atomic E-state index is 4.43. The van der Waals surface area contributed by atoms with Crippen molar-refractivity contribution in [3.05, 3.63) is 22.8 Å². The molecule has 1 aliphatic rings. The molecule has 0 aromatic carbocycles. The minimum absolute atomic E-state index is 1.04. The van der Waals surface area contributed by atoms with Crippen molar-refractivity contribution in [2.75, 3.05) is 38.1 Å². The smallest absolute Gasteiger partial charge is 0.128 e. The highest BCUT2D eigenvalue weighted by Crippen LogP contribution is 2.16. The fraction of sp³-hybridized carbons (Fsp3) is 0.545. The molecule has 15 heavy (non-hydrogen) atoms. The molecule has 0 bridgehead atoms. The van der Waals surface area contributed by atoms with Gasteiger partial charge in [0.25, 0.3) is 0 Å². The average Bonchev–Trinajstić information content (AvgIpc) is 2.44. The Hall–Kier alpha value is -0.610. The highest BCUT2D eigenvalue weighted by atomic mass is 79.9. The lowest BCUT2D eigenvalue weighted by Gasteiger charge is -2.21. The van der Waals surface area contributed by atoms with Gasteiger partial charge in [0.1, 0.15) is 5.82 Å². The summed E-state index contributed by atoms with van der Waals surface area (Å²) in [6.45, 7) is 4.49. The van der Waals surface area contributed by atoms with Crippen LogP contribution in [0, 0.1) is 0 Å². The molecule has 0 N–H and O–H groups in total. The van der Waals surface area contributed by atoms with Gasteiger partial charge in [-0.1, -0.05) is 0 Å². The van der Waals surface area contributed by atoms with Crippen LogP contribution in [0.4, 0.5) is 5.82 Å². The Labute approximate surface area is 99.2 Å². The molecule has 4 heteroatoms. The van der Waals surface area contributed by atoms with Gasteiger partial charge in [-0.25, -0.2) is 4.98 Å². The molecule has 0 atom stereocenters. The van der Waals surface area contributed by atoms with Gasteiger partial charge in [0.2, 0.25) is 0 Å². The molecule has 3 nitrogen and oxygen atoms in total. The largest absolute Gasteiger partial charge is 0.355 e. The number of nitrogens with zero attached hydrogens (tertiary/aromatic N) is 3. The molecular formula is C11H16BrN3. The lowest BCUT2D eigenvalue weighted by atomic mass is 10.3. The van der Waals surface area contributed by atoms with Crippen molar-refractivity contribution < 1.29 is 0 Å². The quantitative estimate of drug-likeness (QED) is 0.778. The van der Waals surface area contributed by atoms with Crippen LogP contribution in [-0.4, -0.2) is 43.1 Å². The van der Waals surface area contributed by atoms with Crippen LogP contribution >= 0.6 is 15.9 Å². The fourth-order valence-corrected chi connectivity index (χ4v) is 2.07. The predicted molar refractivity (Wildman–Crippen MR) is 66.3 cm³/mol. The van der Waals surface area contributed by atoms with Crippen LogP contribution in [0.2, 0.25) is 0 Å². The van der Waals surface area contributed by atoms with E-state index in [1.165, 1.54) is 13.0 Å². The second-order valence-corrected chi connectivity index (χ2v) is 4.89. The fourth-order valence-electron chi connectivity index (χ4n) is 1.83. The average molecular weight is 270 g/mol. The first-order chi connectivity index (χ1) is 7.25. The molecule has 0 aliphatic carbocycles. The molecule has 1 aromatic rings. The van der Waals surface area contributed by atoms with Gasteiger partial charge in [-0.15, -0.1) is 0 Å². The van der Waals surface area contributed by atoms with E-state index in [1.807, 2.05) is 6.20 Å². The van der Waals surface area contributed by atoms with Crippen molar-refractivity contribution >= 4 is 21.7 Å². The number of hydrogen-bond donors (Lipinski definition) is 0. The van der Waals surface area contributed by atoms with E-state index in [4.69, 9.17) is 0 Å². The maximum Gasteiger partial charge on any atom is 0.128 e. The normalized spacial score (nSPS) is 18.9.